The highest BCUT2D eigenvalue weighted by Gasteiger charge is 2.27. The fraction of sp³-hybridized carbons (Fsp3) is 0.562. The number of halogens is 2. The first-order valence-corrected chi connectivity index (χ1v) is 9.01. The monoisotopic (exact) mass is 421 g/mol. The smallest absolute Gasteiger partial charge is 0.273 e. The number of nitrogens with zero attached hydrogens (tertiary/aromatic N) is 4. The molecule has 0 bridgehead atoms. The van der Waals surface area contributed by atoms with Gasteiger partial charge in [-0.3, -0.25) is 9.48 Å². The lowest BCUT2D eigenvalue weighted by atomic mass is 10.2. The van der Waals surface area contributed by atoms with Crippen LogP contribution in [0.2, 0.25) is 0 Å². The van der Waals surface area contributed by atoms with Gasteiger partial charge in [0.25, 0.3) is 5.91 Å². The van der Waals surface area contributed by atoms with Gasteiger partial charge >= 0.3 is 0 Å². The number of hydrogen-bond donors (Lipinski definition) is 1. The highest BCUT2D eigenvalue weighted by Crippen LogP contribution is 2.16. The van der Waals surface area contributed by atoms with E-state index in [0.29, 0.717) is 44.9 Å². The lowest BCUT2D eigenvalue weighted by molar-refractivity contribution is -0.0304. The average molecular weight is 422 g/mol. The number of thiazole rings is 1. The number of nitrogens with two attached hydrogens (primary N) is 1. The van der Waals surface area contributed by atoms with E-state index in [1.807, 2.05) is 34.9 Å². The Bertz CT molecular complexity index is 721. The molecule has 0 aliphatic carbocycles. The number of ether oxygens (including phenoxy) is 1. The highest BCUT2D eigenvalue weighted by molar-refractivity contribution is 7.09. The van der Waals surface area contributed by atoms with Gasteiger partial charge in [0, 0.05) is 30.6 Å². The lowest BCUT2D eigenvalue weighted by Gasteiger charge is -2.32. The van der Waals surface area contributed by atoms with Crippen LogP contribution in [-0.4, -0.2) is 57.9 Å². The molecule has 10 heteroatoms. The van der Waals surface area contributed by atoms with Gasteiger partial charge in [-0.25, -0.2) is 4.98 Å². The number of carbonyl (C=O) groups excluding carboxylic acids is 1. The van der Waals surface area contributed by atoms with Gasteiger partial charge in [0.15, 0.2) is 0 Å². The minimum atomic E-state index is -0.0529. The largest absolute Gasteiger partial charge is 0.373 e. The molecule has 1 atom stereocenters. The Balaban J connectivity index is 0.00000169. The molecule has 0 saturated carbocycles. The first-order valence-electron chi connectivity index (χ1n) is 8.13. The molecule has 1 fully saturated rings. The van der Waals surface area contributed by atoms with E-state index in [9.17, 15) is 4.79 Å². The second-order valence-electron chi connectivity index (χ2n) is 6.02. The van der Waals surface area contributed by atoms with Gasteiger partial charge in [-0.2, -0.15) is 5.10 Å². The Morgan fingerprint density at radius 3 is 2.85 bits per heavy atom. The van der Waals surface area contributed by atoms with Crippen LogP contribution < -0.4 is 5.73 Å². The maximum atomic E-state index is 12.6. The third kappa shape index (κ3) is 5.40. The zero-order valence-electron chi connectivity index (χ0n) is 14.9. The van der Waals surface area contributed by atoms with E-state index in [1.165, 1.54) is 11.3 Å². The van der Waals surface area contributed by atoms with Crippen molar-refractivity contribution in [1.82, 2.24) is 19.7 Å². The molecule has 3 heterocycles. The molecular weight excluding hydrogens is 397 g/mol. The van der Waals surface area contributed by atoms with Crippen molar-refractivity contribution < 1.29 is 9.53 Å². The minimum Gasteiger partial charge on any atom is -0.373 e. The van der Waals surface area contributed by atoms with Crippen molar-refractivity contribution in [2.45, 2.75) is 32.9 Å². The molecular formula is C16H25Cl2N5O2S. The Morgan fingerprint density at radius 2 is 2.19 bits per heavy atom. The normalized spacial score (nSPS) is 16.7. The van der Waals surface area contributed by atoms with Gasteiger partial charge in [0.2, 0.25) is 0 Å². The van der Waals surface area contributed by atoms with E-state index in [-0.39, 0.29) is 36.8 Å². The van der Waals surface area contributed by atoms with Gasteiger partial charge in [-0.15, -0.1) is 36.2 Å². The molecule has 1 aliphatic heterocycles. The maximum absolute atomic E-state index is 12.6. The number of amides is 1. The van der Waals surface area contributed by atoms with Crippen LogP contribution in [0.4, 0.5) is 0 Å². The fourth-order valence-corrected chi connectivity index (χ4v) is 3.66. The van der Waals surface area contributed by atoms with Crippen molar-refractivity contribution in [3.05, 3.63) is 33.5 Å². The SMILES string of the molecule is Cc1cc(C)n(CC2CN(C(=O)c3csc(CCN)n3)CCO2)n1.Cl.Cl. The Morgan fingerprint density at radius 1 is 1.42 bits per heavy atom. The number of aromatic nitrogens is 3. The maximum Gasteiger partial charge on any atom is 0.273 e. The lowest BCUT2D eigenvalue weighted by Crippen LogP contribution is -2.47. The molecule has 1 unspecified atom stereocenters. The predicted octanol–water partition coefficient (Wildman–Crippen LogP) is 1.84. The summed E-state index contributed by atoms with van der Waals surface area (Å²) < 4.78 is 7.76. The Hall–Kier alpha value is -1.19. The minimum absolute atomic E-state index is 0. The van der Waals surface area contributed by atoms with Crippen molar-refractivity contribution in [3.63, 3.8) is 0 Å². The van der Waals surface area contributed by atoms with Crippen molar-refractivity contribution in [1.29, 1.82) is 0 Å². The zero-order chi connectivity index (χ0) is 17.1. The van der Waals surface area contributed by atoms with Gasteiger partial charge in [-0.1, -0.05) is 0 Å². The van der Waals surface area contributed by atoms with Crippen LogP contribution in [0.1, 0.15) is 26.9 Å². The van der Waals surface area contributed by atoms with E-state index in [2.05, 4.69) is 10.1 Å². The van der Waals surface area contributed by atoms with E-state index in [1.54, 1.807) is 0 Å². The highest BCUT2D eigenvalue weighted by atomic mass is 35.5. The predicted molar refractivity (Wildman–Crippen MR) is 107 cm³/mol. The summed E-state index contributed by atoms with van der Waals surface area (Å²) in [6, 6.07) is 2.04. The van der Waals surface area contributed by atoms with Crippen molar-refractivity contribution in [2.75, 3.05) is 26.2 Å². The summed E-state index contributed by atoms with van der Waals surface area (Å²) in [4.78, 5) is 18.9. The average Bonchev–Trinajstić information content (AvgIpc) is 3.14. The van der Waals surface area contributed by atoms with Crippen LogP contribution in [0.15, 0.2) is 11.4 Å². The van der Waals surface area contributed by atoms with Crippen LogP contribution in [0.5, 0.6) is 0 Å². The molecule has 2 N–H and O–H groups in total. The quantitative estimate of drug-likeness (QED) is 0.795. The molecule has 0 radical (unpaired) electrons. The van der Waals surface area contributed by atoms with Crippen LogP contribution in [-0.2, 0) is 17.7 Å². The molecule has 1 aliphatic rings. The van der Waals surface area contributed by atoms with Crippen LogP contribution in [0, 0.1) is 13.8 Å². The van der Waals surface area contributed by atoms with Gasteiger partial charge in [0.1, 0.15) is 5.69 Å². The summed E-state index contributed by atoms with van der Waals surface area (Å²) >= 11 is 1.49. The molecule has 0 aromatic carbocycles. The third-order valence-corrected chi connectivity index (χ3v) is 4.94. The first-order chi connectivity index (χ1) is 11.6. The molecule has 1 saturated heterocycles. The summed E-state index contributed by atoms with van der Waals surface area (Å²) in [6.45, 7) is 6.89. The van der Waals surface area contributed by atoms with Gasteiger partial charge < -0.3 is 15.4 Å². The molecule has 7 nitrogen and oxygen atoms in total. The first kappa shape index (κ1) is 22.9. The van der Waals surface area contributed by atoms with Gasteiger partial charge in [0.05, 0.1) is 30.0 Å². The second-order valence-corrected chi connectivity index (χ2v) is 6.96. The number of morpholine rings is 1. The summed E-state index contributed by atoms with van der Waals surface area (Å²) in [6.07, 6.45) is 0.657. The summed E-state index contributed by atoms with van der Waals surface area (Å²) in [5, 5.41) is 7.20. The Kier molecular flexibility index (Phi) is 8.99. The standard InChI is InChI=1S/C16H23N5O2S.2ClH/c1-11-7-12(2)21(19-11)9-13-8-20(5-6-23-13)16(22)14-10-24-15(18-14)3-4-17;;/h7,10,13H,3-6,8-9,17H2,1-2H3;2*1H. The third-order valence-electron chi connectivity index (χ3n) is 4.03. The van der Waals surface area contributed by atoms with Crippen molar-refractivity contribution in [3.8, 4) is 0 Å². The van der Waals surface area contributed by atoms with Crippen LogP contribution in [0.3, 0.4) is 0 Å². The molecule has 26 heavy (non-hydrogen) atoms. The van der Waals surface area contributed by atoms with Crippen LogP contribution >= 0.6 is 36.2 Å². The summed E-state index contributed by atoms with van der Waals surface area (Å²) in [5.74, 6) is -0.0313. The Labute approximate surface area is 169 Å². The number of aryl methyl sites for hydroxylation is 2. The fourth-order valence-electron chi connectivity index (χ4n) is 2.88. The topological polar surface area (TPSA) is 86.3 Å². The molecule has 0 spiro atoms. The molecule has 1 amide bonds. The second kappa shape index (κ2) is 10.2. The number of rotatable bonds is 5. The van der Waals surface area contributed by atoms with E-state index < -0.39 is 0 Å². The van der Waals surface area contributed by atoms with E-state index >= 15 is 0 Å². The molecule has 3 rings (SSSR count). The van der Waals surface area contributed by atoms with Crippen molar-refractivity contribution >= 4 is 42.1 Å². The number of carbonyl (C=O) groups is 1. The van der Waals surface area contributed by atoms with E-state index in [0.717, 1.165) is 16.4 Å². The molecule has 146 valence electrons. The van der Waals surface area contributed by atoms with E-state index in [4.69, 9.17) is 10.5 Å². The van der Waals surface area contributed by atoms with Crippen molar-refractivity contribution in [2.24, 2.45) is 5.73 Å². The summed E-state index contributed by atoms with van der Waals surface area (Å²) in [5.41, 5.74) is 8.14. The van der Waals surface area contributed by atoms with Gasteiger partial charge in [-0.05, 0) is 26.5 Å². The van der Waals surface area contributed by atoms with Crippen LogP contribution in [0.25, 0.3) is 0 Å². The zero-order valence-corrected chi connectivity index (χ0v) is 17.3. The molecule has 2 aromatic heterocycles. The molecule has 2 aromatic rings. The number of hydrogen-bond acceptors (Lipinski definition) is 6. The summed E-state index contributed by atoms with van der Waals surface area (Å²) in [7, 11) is 0.